The Morgan fingerprint density at radius 3 is 2.35 bits per heavy atom. The molecule has 0 heterocycles. The molecule has 0 aliphatic rings. The number of benzene rings is 2. The van der Waals surface area contributed by atoms with Crippen LogP contribution in [0.3, 0.4) is 0 Å². The molecule has 0 unspecified atom stereocenters. The van der Waals surface area contributed by atoms with E-state index in [0.717, 1.165) is 19.6 Å². The number of aryl methyl sites for hydroxylation is 1. The summed E-state index contributed by atoms with van der Waals surface area (Å²) >= 11 is 0. The first kappa shape index (κ1) is 19.6. The summed E-state index contributed by atoms with van der Waals surface area (Å²) in [4.78, 5) is 2.43. The molecular formula is C17H20BrMgN. The summed E-state index contributed by atoms with van der Waals surface area (Å²) in [6.07, 6.45) is 0. The van der Waals surface area contributed by atoms with Crippen LogP contribution in [0.25, 0.3) is 0 Å². The Hall–Kier alpha value is -0.354. The first-order valence-electron chi connectivity index (χ1n) is 6.51. The predicted molar refractivity (Wildman–Crippen MR) is 82.0 cm³/mol. The quantitative estimate of drug-likeness (QED) is 0.563. The fourth-order valence-electron chi connectivity index (χ4n) is 2.10. The molecular weight excluding hydrogens is 322 g/mol. The standard InChI is InChI=1S/C17H20N.BrH.Mg/c1-3-18(13-16-9-5-4-6-10-16)14-17-11-7-8-15(2)12-17;;/h4-10,12H,3,13-14H2,1-2H3;1H;/q-1;;+2/p-1. The van der Waals surface area contributed by atoms with Crippen LogP contribution in [0.5, 0.6) is 0 Å². The van der Waals surface area contributed by atoms with Crippen LogP contribution in [0.1, 0.15) is 23.6 Å². The normalized spacial score (nSPS) is 9.75. The van der Waals surface area contributed by atoms with Crippen molar-refractivity contribution < 1.29 is 17.0 Å². The van der Waals surface area contributed by atoms with E-state index in [0.29, 0.717) is 0 Å². The van der Waals surface area contributed by atoms with Crippen LogP contribution >= 0.6 is 0 Å². The molecule has 0 aliphatic heterocycles. The van der Waals surface area contributed by atoms with Gasteiger partial charge in [-0.15, -0.1) is 5.56 Å². The van der Waals surface area contributed by atoms with Gasteiger partial charge >= 0.3 is 23.1 Å². The van der Waals surface area contributed by atoms with Gasteiger partial charge in [-0.05, 0) is 12.1 Å². The molecule has 0 fully saturated rings. The second-order valence-electron chi connectivity index (χ2n) is 4.68. The van der Waals surface area contributed by atoms with E-state index in [1.54, 1.807) is 0 Å². The largest absolute Gasteiger partial charge is 2.00 e. The van der Waals surface area contributed by atoms with Gasteiger partial charge in [0.15, 0.2) is 0 Å². The number of hydrogen-bond donors (Lipinski definition) is 0. The van der Waals surface area contributed by atoms with E-state index in [4.69, 9.17) is 0 Å². The maximum absolute atomic E-state index is 3.32. The first-order chi connectivity index (χ1) is 8.78. The monoisotopic (exact) mass is 341 g/mol. The summed E-state index contributed by atoms with van der Waals surface area (Å²) in [7, 11) is 0. The zero-order valence-electron chi connectivity index (χ0n) is 12.3. The zero-order valence-corrected chi connectivity index (χ0v) is 15.3. The molecule has 1 nitrogen and oxygen atoms in total. The maximum atomic E-state index is 3.32. The van der Waals surface area contributed by atoms with Crippen molar-refractivity contribution in [3.8, 4) is 0 Å². The molecule has 20 heavy (non-hydrogen) atoms. The third-order valence-corrected chi connectivity index (χ3v) is 3.11. The van der Waals surface area contributed by atoms with E-state index in [1.165, 1.54) is 16.7 Å². The van der Waals surface area contributed by atoms with Gasteiger partial charge in [-0.3, -0.25) is 4.90 Å². The molecule has 2 aromatic carbocycles. The Morgan fingerprint density at radius 1 is 1.05 bits per heavy atom. The van der Waals surface area contributed by atoms with Gasteiger partial charge < -0.3 is 17.0 Å². The zero-order chi connectivity index (χ0) is 12.8. The number of halogens is 1. The van der Waals surface area contributed by atoms with Crippen molar-refractivity contribution in [2.45, 2.75) is 26.9 Å². The predicted octanol–water partition coefficient (Wildman–Crippen LogP) is 0.441. The van der Waals surface area contributed by atoms with Gasteiger partial charge in [-0.25, -0.2) is 0 Å². The molecule has 0 amide bonds. The van der Waals surface area contributed by atoms with Crippen molar-refractivity contribution >= 4 is 23.1 Å². The first-order valence-corrected chi connectivity index (χ1v) is 6.51. The van der Waals surface area contributed by atoms with Crippen LogP contribution in [-0.4, -0.2) is 34.5 Å². The van der Waals surface area contributed by atoms with Crippen molar-refractivity contribution in [2.24, 2.45) is 0 Å². The van der Waals surface area contributed by atoms with E-state index in [2.05, 4.69) is 67.3 Å². The Morgan fingerprint density at radius 2 is 1.75 bits per heavy atom. The minimum Gasteiger partial charge on any atom is -1.00 e. The van der Waals surface area contributed by atoms with Gasteiger partial charge in [0.2, 0.25) is 0 Å². The SMILES string of the molecule is CCN(Cc1[c-]ccc(C)c1)Cc1ccccc1.[Br-].[Mg+2]. The Balaban J connectivity index is 0.00000180. The van der Waals surface area contributed by atoms with Crippen LogP contribution in [0.15, 0.2) is 48.5 Å². The maximum Gasteiger partial charge on any atom is 2.00 e. The van der Waals surface area contributed by atoms with Crippen LogP contribution in [-0.2, 0) is 13.1 Å². The summed E-state index contributed by atoms with van der Waals surface area (Å²) in [5.41, 5.74) is 3.94. The summed E-state index contributed by atoms with van der Waals surface area (Å²) in [5, 5.41) is 0. The van der Waals surface area contributed by atoms with Crippen molar-refractivity contribution in [1.82, 2.24) is 4.90 Å². The van der Waals surface area contributed by atoms with E-state index in [1.807, 2.05) is 6.07 Å². The van der Waals surface area contributed by atoms with Gasteiger partial charge in [0.05, 0.1) is 0 Å². The minimum absolute atomic E-state index is 0. The number of rotatable bonds is 5. The van der Waals surface area contributed by atoms with Crippen LogP contribution in [0.2, 0.25) is 0 Å². The summed E-state index contributed by atoms with van der Waals surface area (Å²) in [6, 6.07) is 20.3. The second kappa shape index (κ2) is 10.4. The second-order valence-corrected chi connectivity index (χ2v) is 4.68. The molecule has 3 heteroatoms. The molecule has 0 bridgehead atoms. The smallest absolute Gasteiger partial charge is 1.00 e. The molecule has 0 radical (unpaired) electrons. The molecule has 0 saturated heterocycles. The number of hydrogen-bond acceptors (Lipinski definition) is 1. The van der Waals surface area contributed by atoms with Crippen molar-refractivity contribution in [3.05, 3.63) is 71.3 Å². The average molecular weight is 343 g/mol. The summed E-state index contributed by atoms with van der Waals surface area (Å²) < 4.78 is 0. The van der Waals surface area contributed by atoms with E-state index in [9.17, 15) is 0 Å². The van der Waals surface area contributed by atoms with Gasteiger partial charge in [0.1, 0.15) is 0 Å². The topological polar surface area (TPSA) is 3.24 Å². The third-order valence-electron chi connectivity index (χ3n) is 3.11. The van der Waals surface area contributed by atoms with Crippen molar-refractivity contribution in [2.75, 3.05) is 6.54 Å². The third kappa shape index (κ3) is 6.40. The molecule has 2 rings (SSSR count). The van der Waals surface area contributed by atoms with E-state index < -0.39 is 0 Å². The fraction of sp³-hybridized carbons (Fsp3) is 0.294. The fourth-order valence-corrected chi connectivity index (χ4v) is 2.10. The molecule has 0 aromatic heterocycles. The molecule has 0 N–H and O–H groups in total. The van der Waals surface area contributed by atoms with E-state index >= 15 is 0 Å². The summed E-state index contributed by atoms with van der Waals surface area (Å²) in [5.74, 6) is 0. The van der Waals surface area contributed by atoms with Crippen LogP contribution in [0.4, 0.5) is 0 Å². The van der Waals surface area contributed by atoms with Gasteiger partial charge in [-0.1, -0.05) is 44.2 Å². The average Bonchev–Trinajstić information content (AvgIpc) is 2.39. The van der Waals surface area contributed by atoms with Gasteiger partial charge in [0, 0.05) is 13.1 Å². The number of nitrogens with zero attached hydrogens (tertiary/aromatic N) is 1. The van der Waals surface area contributed by atoms with Crippen molar-refractivity contribution in [1.29, 1.82) is 0 Å². The minimum atomic E-state index is 0. The Bertz CT molecular complexity index is 487. The van der Waals surface area contributed by atoms with Crippen LogP contribution in [0, 0.1) is 13.0 Å². The van der Waals surface area contributed by atoms with Gasteiger partial charge in [-0.2, -0.15) is 29.8 Å². The Labute approximate surface area is 149 Å². The Kier molecular flexibility index (Phi) is 10.2. The van der Waals surface area contributed by atoms with E-state index in [-0.39, 0.29) is 40.0 Å². The molecule has 0 spiro atoms. The molecule has 0 aliphatic carbocycles. The summed E-state index contributed by atoms with van der Waals surface area (Å²) in [6.45, 7) is 7.35. The molecule has 0 saturated carbocycles. The molecule has 2 aromatic rings. The molecule has 0 atom stereocenters. The van der Waals surface area contributed by atoms with Crippen molar-refractivity contribution in [3.63, 3.8) is 0 Å². The molecule has 102 valence electrons. The van der Waals surface area contributed by atoms with Crippen LogP contribution < -0.4 is 17.0 Å². The van der Waals surface area contributed by atoms with Gasteiger partial charge in [0.25, 0.3) is 0 Å².